The number of carbonyl (C=O) groups is 1. The predicted octanol–water partition coefficient (Wildman–Crippen LogP) is 4.26. The lowest BCUT2D eigenvalue weighted by molar-refractivity contribution is 0.0635. The van der Waals surface area contributed by atoms with Crippen LogP contribution < -0.4 is 11.1 Å². The molecular weight excluding hydrogens is 373 g/mol. The van der Waals surface area contributed by atoms with E-state index in [1.165, 1.54) is 24.2 Å². The van der Waals surface area contributed by atoms with Gasteiger partial charge in [0.1, 0.15) is 15.8 Å². The summed E-state index contributed by atoms with van der Waals surface area (Å²) >= 11 is 13.2. The van der Waals surface area contributed by atoms with Crippen LogP contribution in [0.4, 0.5) is 16.4 Å². The highest BCUT2D eigenvalue weighted by Crippen LogP contribution is 2.37. The van der Waals surface area contributed by atoms with E-state index in [0.29, 0.717) is 9.92 Å². The van der Waals surface area contributed by atoms with Crippen LogP contribution >= 0.6 is 35.0 Å². The van der Waals surface area contributed by atoms with Gasteiger partial charge in [0.25, 0.3) is 0 Å². The molecule has 0 spiro atoms. The molecule has 2 aromatic heterocycles. The summed E-state index contributed by atoms with van der Waals surface area (Å²) in [7, 11) is 0. The second-order valence-corrected chi connectivity index (χ2v) is 7.38. The van der Waals surface area contributed by atoms with Crippen molar-refractivity contribution in [3.8, 4) is 0 Å². The summed E-state index contributed by atoms with van der Waals surface area (Å²) in [6.45, 7) is 5.28. The largest absolute Gasteiger partial charge is 0.444 e. The number of hydrogen-bond donors (Lipinski definition) is 2. The minimum absolute atomic E-state index is 0.177. The minimum Gasteiger partial charge on any atom is -0.444 e. The summed E-state index contributed by atoms with van der Waals surface area (Å²) in [5.74, 6) is 0.360. The number of nitrogens with zero attached hydrogens (tertiary/aromatic N) is 3. The van der Waals surface area contributed by atoms with Gasteiger partial charge in [-0.2, -0.15) is 0 Å². The number of hydrogen-bond acceptors (Lipinski definition) is 7. The van der Waals surface area contributed by atoms with Crippen molar-refractivity contribution in [3.63, 3.8) is 0 Å². The Kier molecular flexibility index (Phi) is 5.74. The van der Waals surface area contributed by atoms with E-state index in [1.54, 1.807) is 26.8 Å². The van der Waals surface area contributed by atoms with Gasteiger partial charge in [0.05, 0.1) is 11.2 Å². The zero-order valence-corrected chi connectivity index (χ0v) is 15.5. The summed E-state index contributed by atoms with van der Waals surface area (Å²) in [6.07, 6.45) is 2.24. The van der Waals surface area contributed by atoms with E-state index < -0.39 is 11.7 Å². The van der Waals surface area contributed by atoms with Crippen molar-refractivity contribution in [1.82, 2.24) is 15.0 Å². The number of nitrogens with one attached hydrogen (secondary N) is 1. The van der Waals surface area contributed by atoms with Crippen LogP contribution in [0.2, 0.25) is 10.2 Å². The minimum atomic E-state index is -0.648. The number of aromatic nitrogens is 3. The smallest absolute Gasteiger partial charge is 0.413 e. The van der Waals surface area contributed by atoms with Crippen molar-refractivity contribution < 1.29 is 9.53 Å². The number of amides is 1. The molecular formula is C14H15Cl2N5O2S. The molecule has 0 unspecified atom stereocenters. The maximum atomic E-state index is 11.8. The molecule has 2 heterocycles. The summed E-state index contributed by atoms with van der Waals surface area (Å²) < 4.78 is 5.17. The van der Waals surface area contributed by atoms with Crippen LogP contribution in [-0.4, -0.2) is 26.6 Å². The Bertz CT molecular complexity index is 767. The molecule has 0 radical (unpaired) electrons. The second kappa shape index (κ2) is 7.42. The van der Waals surface area contributed by atoms with Crippen LogP contribution in [0.5, 0.6) is 0 Å². The highest BCUT2D eigenvalue weighted by atomic mass is 35.5. The number of ether oxygens (including phenoxy) is 1. The average Bonchev–Trinajstić information content (AvgIpc) is 2.44. The highest BCUT2D eigenvalue weighted by Gasteiger charge is 2.19. The van der Waals surface area contributed by atoms with E-state index in [4.69, 9.17) is 33.7 Å². The zero-order chi connectivity index (χ0) is 17.9. The molecule has 0 saturated carbocycles. The van der Waals surface area contributed by atoms with Gasteiger partial charge in [0.15, 0.2) is 11.6 Å². The van der Waals surface area contributed by atoms with Gasteiger partial charge in [-0.15, -0.1) is 0 Å². The molecule has 0 saturated heterocycles. The molecule has 2 aromatic rings. The van der Waals surface area contributed by atoms with E-state index in [0.717, 1.165) is 0 Å². The summed E-state index contributed by atoms with van der Waals surface area (Å²) in [6, 6.07) is 1.67. The molecule has 3 N–H and O–H groups in total. The van der Waals surface area contributed by atoms with Gasteiger partial charge in [-0.3, -0.25) is 5.32 Å². The van der Waals surface area contributed by atoms with Crippen molar-refractivity contribution in [3.05, 3.63) is 28.6 Å². The molecule has 24 heavy (non-hydrogen) atoms. The zero-order valence-electron chi connectivity index (χ0n) is 13.1. The molecule has 0 aliphatic rings. The first-order valence-electron chi connectivity index (χ1n) is 6.76. The van der Waals surface area contributed by atoms with Crippen LogP contribution in [-0.2, 0) is 4.74 Å². The molecule has 7 nitrogen and oxygen atoms in total. The van der Waals surface area contributed by atoms with Crippen molar-refractivity contribution in [2.45, 2.75) is 36.3 Å². The molecule has 0 fully saturated rings. The lowest BCUT2D eigenvalue weighted by atomic mass is 10.2. The fourth-order valence-electron chi connectivity index (χ4n) is 1.54. The van der Waals surface area contributed by atoms with Crippen LogP contribution in [0.3, 0.4) is 0 Å². The molecule has 0 aliphatic heterocycles. The fraction of sp³-hybridized carbons (Fsp3) is 0.286. The fourth-order valence-corrected chi connectivity index (χ4v) is 2.74. The normalized spacial score (nSPS) is 11.2. The van der Waals surface area contributed by atoms with Crippen molar-refractivity contribution in [2.75, 3.05) is 11.1 Å². The third-order valence-electron chi connectivity index (χ3n) is 2.41. The Balaban J connectivity index is 2.20. The number of halogens is 2. The molecule has 0 aromatic carbocycles. The van der Waals surface area contributed by atoms with Gasteiger partial charge in [0.2, 0.25) is 0 Å². The Morgan fingerprint density at radius 2 is 2.04 bits per heavy atom. The highest BCUT2D eigenvalue weighted by molar-refractivity contribution is 7.99. The van der Waals surface area contributed by atoms with Crippen molar-refractivity contribution >= 4 is 52.7 Å². The number of carbonyl (C=O) groups excluding carboxylic acids is 1. The molecule has 0 atom stereocenters. The van der Waals surface area contributed by atoms with Gasteiger partial charge in [0, 0.05) is 11.1 Å². The molecule has 1 amide bonds. The van der Waals surface area contributed by atoms with Gasteiger partial charge in [-0.1, -0.05) is 35.0 Å². The standard InChI is InChI=1S/C14H15Cl2N5O2S/c1-14(2,3)23-13(22)21-11-9(16)7(4-5-18-11)24-12-10(17)20-8(15)6-19-12/h4-6H,1-3H3,(H2,17,20)(H,18,21,22). The number of rotatable bonds is 3. The van der Waals surface area contributed by atoms with Gasteiger partial charge in [-0.05, 0) is 26.8 Å². The van der Waals surface area contributed by atoms with Crippen LogP contribution in [0.25, 0.3) is 0 Å². The van der Waals surface area contributed by atoms with Crippen molar-refractivity contribution in [1.29, 1.82) is 0 Å². The van der Waals surface area contributed by atoms with E-state index in [1.807, 2.05) is 0 Å². The Morgan fingerprint density at radius 1 is 1.33 bits per heavy atom. The number of nitrogen functional groups attached to an aromatic ring is 1. The average molecular weight is 388 g/mol. The van der Waals surface area contributed by atoms with Crippen LogP contribution in [0, 0.1) is 0 Å². The van der Waals surface area contributed by atoms with E-state index >= 15 is 0 Å². The van der Waals surface area contributed by atoms with E-state index in [9.17, 15) is 4.79 Å². The monoisotopic (exact) mass is 387 g/mol. The molecule has 0 bridgehead atoms. The first-order valence-corrected chi connectivity index (χ1v) is 8.33. The molecule has 10 heteroatoms. The first kappa shape index (κ1) is 18.6. The van der Waals surface area contributed by atoms with E-state index in [2.05, 4.69) is 20.3 Å². The summed E-state index contributed by atoms with van der Waals surface area (Å²) in [5, 5.41) is 3.39. The molecule has 0 aliphatic carbocycles. The topological polar surface area (TPSA) is 103 Å². The first-order chi connectivity index (χ1) is 11.2. The SMILES string of the molecule is CC(C)(C)OC(=O)Nc1nccc(Sc2ncc(Cl)nc2N)c1Cl. The quantitative estimate of drug-likeness (QED) is 0.810. The van der Waals surface area contributed by atoms with Crippen LogP contribution in [0.15, 0.2) is 28.4 Å². The lowest BCUT2D eigenvalue weighted by Crippen LogP contribution is -2.27. The summed E-state index contributed by atoms with van der Waals surface area (Å²) in [5.41, 5.74) is 5.15. The Hall–Kier alpha value is -1.77. The Labute approximate surface area is 153 Å². The Morgan fingerprint density at radius 3 is 2.67 bits per heavy atom. The summed E-state index contributed by atoms with van der Waals surface area (Å²) in [4.78, 5) is 24.5. The van der Waals surface area contributed by atoms with Crippen LogP contribution in [0.1, 0.15) is 20.8 Å². The predicted molar refractivity (Wildman–Crippen MR) is 94.7 cm³/mol. The molecule has 128 valence electrons. The third-order valence-corrected chi connectivity index (χ3v) is 4.16. The van der Waals surface area contributed by atoms with Gasteiger partial charge >= 0.3 is 6.09 Å². The lowest BCUT2D eigenvalue weighted by Gasteiger charge is -2.19. The van der Waals surface area contributed by atoms with Gasteiger partial charge in [-0.25, -0.2) is 19.7 Å². The third kappa shape index (κ3) is 5.12. The number of anilines is 2. The van der Waals surface area contributed by atoms with Crippen molar-refractivity contribution in [2.24, 2.45) is 0 Å². The number of nitrogens with two attached hydrogens (primary N) is 1. The maximum Gasteiger partial charge on any atom is 0.413 e. The molecule has 2 rings (SSSR count). The second-order valence-electron chi connectivity index (χ2n) is 5.58. The maximum absolute atomic E-state index is 11.8. The van der Waals surface area contributed by atoms with Gasteiger partial charge < -0.3 is 10.5 Å². The number of pyridine rings is 1. The van der Waals surface area contributed by atoms with E-state index in [-0.39, 0.29) is 21.8 Å².